The number of nitrogens with two attached hydrogens (primary N) is 1. The van der Waals surface area contributed by atoms with Crippen LogP contribution in [0, 0.1) is 5.82 Å². The van der Waals surface area contributed by atoms with Gasteiger partial charge in [0.1, 0.15) is 15.5 Å². The molecule has 2 aromatic carbocycles. The summed E-state index contributed by atoms with van der Waals surface area (Å²) in [5.41, 5.74) is 8.49. The zero-order valence-electron chi connectivity index (χ0n) is 15.2. The number of hydrogen-bond acceptors (Lipinski definition) is 6. The van der Waals surface area contributed by atoms with E-state index in [1.807, 2.05) is 30.3 Å². The maximum Gasteiger partial charge on any atom is 0.267 e. The normalized spacial score (nSPS) is 12.3. The van der Waals surface area contributed by atoms with E-state index in [0.717, 1.165) is 11.3 Å². The molecule has 9 heteroatoms. The van der Waals surface area contributed by atoms with Gasteiger partial charge < -0.3 is 20.5 Å². The van der Waals surface area contributed by atoms with Gasteiger partial charge in [0.25, 0.3) is 5.91 Å². The SMILES string of the molecule is Nc1c(C(=O)Nc2ccc(F)c(Cl)c2)sc2nc(-c3ccc4c(c3)OCO4)ccc12. The molecule has 3 N–H and O–H groups in total. The zero-order valence-corrected chi connectivity index (χ0v) is 16.8. The van der Waals surface area contributed by atoms with Gasteiger partial charge in [-0.2, -0.15) is 0 Å². The molecule has 1 aliphatic heterocycles. The monoisotopic (exact) mass is 441 g/mol. The lowest BCUT2D eigenvalue weighted by Crippen LogP contribution is -2.12. The number of hydrogen-bond donors (Lipinski definition) is 2. The third kappa shape index (κ3) is 3.20. The Morgan fingerprint density at radius 2 is 1.97 bits per heavy atom. The van der Waals surface area contributed by atoms with Crippen LogP contribution >= 0.6 is 22.9 Å². The highest BCUT2D eigenvalue weighted by Crippen LogP contribution is 2.38. The fraction of sp³-hybridized carbons (Fsp3) is 0.0476. The third-order valence-corrected chi connectivity index (χ3v) is 6.05. The second kappa shape index (κ2) is 7.16. The van der Waals surface area contributed by atoms with E-state index < -0.39 is 11.7 Å². The van der Waals surface area contributed by atoms with Crippen molar-refractivity contribution >= 4 is 50.4 Å². The summed E-state index contributed by atoms with van der Waals surface area (Å²) in [7, 11) is 0. The van der Waals surface area contributed by atoms with Crippen LogP contribution in [0.4, 0.5) is 15.8 Å². The first-order valence-electron chi connectivity index (χ1n) is 8.85. The van der Waals surface area contributed by atoms with Crippen LogP contribution in [0.3, 0.4) is 0 Å². The minimum atomic E-state index is -0.559. The van der Waals surface area contributed by atoms with Gasteiger partial charge in [-0.15, -0.1) is 11.3 Å². The van der Waals surface area contributed by atoms with Crippen LogP contribution in [0.15, 0.2) is 48.5 Å². The van der Waals surface area contributed by atoms with Crippen LogP contribution in [0.2, 0.25) is 5.02 Å². The molecular formula is C21H13ClFN3O3S. The van der Waals surface area contributed by atoms with Crippen molar-refractivity contribution in [3.63, 3.8) is 0 Å². The Balaban J connectivity index is 1.47. The highest BCUT2D eigenvalue weighted by Gasteiger charge is 2.19. The van der Waals surface area contributed by atoms with Gasteiger partial charge in [0.05, 0.1) is 16.4 Å². The van der Waals surface area contributed by atoms with Gasteiger partial charge in [0.2, 0.25) is 6.79 Å². The lowest BCUT2D eigenvalue weighted by Gasteiger charge is -2.05. The quantitative estimate of drug-likeness (QED) is 0.449. The number of carbonyl (C=O) groups excluding carboxylic acids is 1. The predicted octanol–water partition coefficient (Wildman–Crippen LogP) is 5.32. The fourth-order valence-corrected chi connectivity index (χ4v) is 4.31. The minimum absolute atomic E-state index is 0.0767. The van der Waals surface area contributed by atoms with Crippen molar-refractivity contribution in [1.29, 1.82) is 0 Å². The third-order valence-electron chi connectivity index (χ3n) is 4.65. The van der Waals surface area contributed by atoms with E-state index in [9.17, 15) is 9.18 Å². The van der Waals surface area contributed by atoms with E-state index in [1.54, 1.807) is 0 Å². The van der Waals surface area contributed by atoms with E-state index in [2.05, 4.69) is 10.3 Å². The van der Waals surface area contributed by atoms with Gasteiger partial charge >= 0.3 is 0 Å². The van der Waals surface area contributed by atoms with Crippen LogP contribution in [-0.4, -0.2) is 17.7 Å². The molecule has 30 heavy (non-hydrogen) atoms. The first-order valence-corrected chi connectivity index (χ1v) is 10.0. The van der Waals surface area contributed by atoms with Crippen LogP contribution in [0.5, 0.6) is 11.5 Å². The summed E-state index contributed by atoms with van der Waals surface area (Å²) in [5.74, 6) is 0.386. The maximum atomic E-state index is 13.3. The predicted molar refractivity (Wildman–Crippen MR) is 115 cm³/mol. The zero-order chi connectivity index (χ0) is 20.8. The molecule has 3 heterocycles. The number of nitrogens with zero attached hydrogens (tertiary/aromatic N) is 1. The molecule has 0 saturated carbocycles. The molecule has 2 aromatic heterocycles. The Hall–Kier alpha value is -3.36. The average Bonchev–Trinajstić information content (AvgIpc) is 3.34. The Bertz CT molecular complexity index is 1320. The number of aromatic nitrogens is 1. The molecule has 0 atom stereocenters. The van der Waals surface area contributed by atoms with E-state index >= 15 is 0 Å². The van der Waals surface area contributed by atoms with E-state index in [4.69, 9.17) is 26.8 Å². The number of amides is 1. The maximum absolute atomic E-state index is 13.3. The summed E-state index contributed by atoms with van der Waals surface area (Å²) < 4.78 is 24.1. The summed E-state index contributed by atoms with van der Waals surface area (Å²) in [4.78, 5) is 18.3. The molecule has 0 bridgehead atoms. The Kier molecular flexibility index (Phi) is 4.45. The summed E-state index contributed by atoms with van der Waals surface area (Å²) in [6.07, 6.45) is 0. The lowest BCUT2D eigenvalue weighted by molar-refractivity contribution is 0.103. The molecule has 0 radical (unpaired) electrons. The van der Waals surface area contributed by atoms with Gasteiger partial charge in [0.15, 0.2) is 11.5 Å². The van der Waals surface area contributed by atoms with Crippen LogP contribution in [0.25, 0.3) is 21.5 Å². The summed E-state index contributed by atoms with van der Waals surface area (Å²) in [6.45, 7) is 0.199. The van der Waals surface area contributed by atoms with Crippen molar-refractivity contribution in [3.8, 4) is 22.8 Å². The van der Waals surface area contributed by atoms with Crippen LogP contribution < -0.4 is 20.5 Å². The molecule has 0 unspecified atom stereocenters. The van der Waals surface area contributed by atoms with Gasteiger partial charge in [-0.1, -0.05) is 11.6 Å². The number of carbonyl (C=O) groups is 1. The topological polar surface area (TPSA) is 86.5 Å². The van der Waals surface area contributed by atoms with Crippen molar-refractivity contribution in [2.75, 3.05) is 17.8 Å². The molecule has 0 spiro atoms. The average molecular weight is 442 g/mol. The second-order valence-corrected chi connectivity index (χ2v) is 7.95. The van der Waals surface area contributed by atoms with Gasteiger partial charge in [-0.3, -0.25) is 4.79 Å². The van der Waals surface area contributed by atoms with Crippen molar-refractivity contribution in [1.82, 2.24) is 4.98 Å². The number of rotatable bonds is 3. The smallest absolute Gasteiger partial charge is 0.267 e. The molecule has 5 rings (SSSR count). The molecule has 0 saturated heterocycles. The van der Waals surface area contributed by atoms with Gasteiger partial charge in [0, 0.05) is 16.6 Å². The summed E-state index contributed by atoms with van der Waals surface area (Å²) in [5, 5.41) is 3.29. The first kappa shape index (κ1) is 18.7. The number of benzene rings is 2. The Labute approximate surface area is 179 Å². The van der Waals surface area contributed by atoms with Crippen LogP contribution in [0.1, 0.15) is 9.67 Å². The molecule has 150 valence electrons. The van der Waals surface area contributed by atoms with E-state index in [1.165, 1.54) is 29.5 Å². The Morgan fingerprint density at radius 3 is 2.80 bits per heavy atom. The second-order valence-electron chi connectivity index (χ2n) is 6.55. The number of ether oxygens (including phenoxy) is 2. The molecule has 1 aliphatic rings. The number of nitrogens with one attached hydrogen (secondary N) is 1. The van der Waals surface area contributed by atoms with Crippen molar-refractivity contribution in [2.45, 2.75) is 0 Å². The molecule has 1 amide bonds. The number of anilines is 2. The summed E-state index contributed by atoms with van der Waals surface area (Å²) in [6, 6.07) is 13.2. The fourth-order valence-electron chi connectivity index (χ4n) is 3.14. The first-order chi connectivity index (χ1) is 14.5. The highest BCUT2D eigenvalue weighted by atomic mass is 35.5. The number of halogens is 2. The van der Waals surface area contributed by atoms with E-state index in [0.29, 0.717) is 38.0 Å². The Morgan fingerprint density at radius 1 is 1.13 bits per heavy atom. The molecule has 0 fully saturated rings. The lowest BCUT2D eigenvalue weighted by atomic mass is 10.1. The van der Waals surface area contributed by atoms with Crippen LogP contribution in [-0.2, 0) is 0 Å². The molecular weight excluding hydrogens is 429 g/mol. The highest BCUT2D eigenvalue weighted by molar-refractivity contribution is 7.21. The van der Waals surface area contributed by atoms with Crippen molar-refractivity contribution in [3.05, 3.63) is 64.2 Å². The number of fused-ring (bicyclic) bond motifs is 2. The minimum Gasteiger partial charge on any atom is -0.454 e. The standard InChI is InChI=1S/C21H13ClFN3O3S/c22-13-8-11(2-4-14(13)23)25-20(27)19-18(24)12-3-5-15(26-21(12)30-19)10-1-6-16-17(7-10)29-9-28-16/h1-8H,9,24H2,(H,25,27). The summed E-state index contributed by atoms with van der Waals surface area (Å²) >= 11 is 6.96. The van der Waals surface area contributed by atoms with Gasteiger partial charge in [-0.25, -0.2) is 9.37 Å². The number of pyridine rings is 1. The molecule has 6 nitrogen and oxygen atoms in total. The molecule has 0 aliphatic carbocycles. The number of thiophene rings is 1. The number of nitrogen functional groups attached to an aromatic ring is 1. The van der Waals surface area contributed by atoms with Crippen molar-refractivity contribution in [2.24, 2.45) is 0 Å². The van der Waals surface area contributed by atoms with Crippen molar-refractivity contribution < 1.29 is 18.7 Å². The van der Waals surface area contributed by atoms with Gasteiger partial charge in [-0.05, 0) is 48.5 Å². The molecule has 4 aromatic rings. The largest absolute Gasteiger partial charge is 0.454 e. The van der Waals surface area contributed by atoms with E-state index in [-0.39, 0.29) is 11.8 Å².